The van der Waals surface area contributed by atoms with E-state index in [4.69, 9.17) is 4.74 Å². The molecule has 5 rings (SSSR count). The van der Waals surface area contributed by atoms with Crippen LogP contribution in [0.5, 0.6) is 5.75 Å². The van der Waals surface area contributed by atoms with Crippen LogP contribution in [0.4, 0.5) is 0 Å². The summed E-state index contributed by atoms with van der Waals surface area (Å²) in [5.74, 6) is 3.26. The van der Waals surface area contributed by atoms with E-state index in [9.17, 15) is 0 Å². The maximum atomic E-state index is 5.99. The van der Waals surface area contributed by atoms with E-state index in [1.165, 1.54) is 19.3 Å². The van der Waals surface area contributed by atoms with Crippen molar-refractivity contribution < 1.29 is 4.74 Å². The Balaban J connectivity index is 1.32. The molecule has 1 heteroatoms. The molecule has 0 aliphatic heterocycles. The molecular formula is C16H18O. The van der Waals surface area contributed by atoms with Crippen LogP contribution in [-0.4, -0.2) is 6.61 Å². The summed E-state index contributed by atoms with van der Waals surface area (Å²) in [6, 6.07) is 10.3. The van der Waals surface area contributed by atoms with Crippen molar-refractivity contribution in [1.82, 2.24) is 0 Å². The molecule has 17 heavy (non-hydrogen) atoms. The van der Waals surface area contributed by atoms with Crippen molar-refractivity contribution in [3.05, 3.63) is 30.3 Å². The van der Waals surface area contributed by atoms with E-state index in [1.807, 2.05) is 6.07 Å². The summed E-state index contributed by atoms with van der Waals surface area (Å²) in [6.07, 6.45) is 4.52. The second kappa shape index (κ2) is 2.28. The summed E-state index contributed by atoms with van der Waals surface area (Å²) in [4.78, 5) is 0. The van der Waals surface area contributed by atoms with Gasteiger partial charge in [-0.3, -0.25) is 0 Å². The van der Waals surface area contributed by atoms with Crippen LogP contribution in [0.15, 0.2) is 30.3 Å². The Kier molecular flexibility index (Phi) is 1.21. The number of rotatable bonds is 3. The lowest BCUT2D eigenvalue weighted by atomic mass is 9.57. The number of benzene rings is 1. The van der Waals surface area contributed by atoms with Crippen molar-refractivity contribution in [2.75, 3.05) is 6.61 Å². The van der Waals surface area contributed by atoms with Crippen molar-refractivity contribution in [2.24, 2.45) is 28.1 Å². The van der Waals surface area contributed by atoms with Crippen LogP contribution >= 0.6 is 0 Å². The van der Waals surface area contributed by atoms with Crippen LogP contribution in [-0.2, 0) is 0 Å². The van der Waals surface area contributed by atoms with Crippen molar-refractivity contribution in [3.63, 3.8) is 0 Å². The van der Waals surface area contributed by atoms with Crippen molar-refractivity contribution in [1.29, 1.82) is 0 Å². The molecule has 0 radical (unpaired) electrons. The lowest BCUT2D eigenvalue weighted by molar-refractivity contribution is -0.0299. The molecular weight excluding hydrogens is 208 g/mol. The van der Waals surface area contributed by atoms with Gasteiger partial charge < -0.3 is 4.74 Å². The molecule has 1 aromatic carbocycles. The van der Waals surface area contributed by atoms with Gasteiger partial charge in [-0.1, -0.05) is 31.5 Å². The van der Waals surface area contributed by atoms with Gasteiger partial charge >= 0.3 is 0 Å². The molecule has 4 saturated carbocycles. The highest BCUT2D eigenvalue weighted by Gasteiger charge is 3.20. The van der Waals surface area contributed by atoms with Crippen molar-refractivity contribution >= 4 is 0 Å². The quantitative estimate of drug-likeness (QED) is 0.766. The average molecular weight is 226 g/mol. The second-order valence-corrected chi connectivity index (χ2v) is 6.71. The van der Waals surface area contributed by atoms with Crippen LogP contribution in [0.2, 0.25) is 0 Å². The Morgan fingerprint density at radius 2 is 1.76 bits per heavy atom. The minimum Gasteiger partial charge on any atom is -0.493 e. The van der Waals surface area contributed by atoms with E-state index < -0.39 is 0 Å². The third-order valence-corrected chi connectivity index (χ3v) is 6.74. The predicted octanol–water partition coefficient (Wildman–Crippen LogP) is 3.50. The first kappa shape index (κ1) is 9.02. The van der Waals surface area contributed by atoms with Crippen LogP contribution < -0.4 is 4.74 Å². The average Bonchev–Trinajstić information content (AvgIpc) is 3.31. The van der Waals surface area contributed by atoms with Gasteiger partial charge in [-0.15, -0.1) is 0 Å². The van der Waals surface area contributed by atoms with E-state index in [1.54, 1.807) is 0 Å². The first-order chi connectivity index (χ1) is 8.30. The SMILES string of the molecule is CC1(COc2ccccc2)C23C4CCCC2C413. The Bertz CT molecular complexity index is 474. The van der Waals surface area contributed by atoms with Crippen molar-refractivity contribution in [2.45, 2.75) is 26.2 Å². The number of hydrogen-bond acceptors (Lipinski definition) is 1. The second-order valence-electron chi connectivity index (χ2n) is 6.71. The summed E-state index contributed by atoms with van der Waals surface area (Å²) in [7, 11) is 0. The zero-order chi connectivity index (χ0) is 11.3. The van der Waals surface area contributed by atoms with Crippen LogP contribution in [0.3, 0.4) is 0 Å². The molecule has 4 aliphatic rings. The minimum absolute atomic E-state index is 0.547. The highest BCUT2D eigenvalue weighted by Crippen LogP contribution is 3.21. The Hall–Kier alpha value is -0.980. The zero-order valence-electron chi connectivity index (χ0n) is 10.3. The molecule has 0 N–H and O–H groups in total. The molecule has 0 atom stereocenters. The third kappa shape index (κ3) is 0.621. The van der Waals surface area contributed by atoms with Gasteiger partial charge in [0.15, 0.2) is 0 Å². The lowest BCUT2D eigenvalue weighted by Crippen LogP contribution is -2.46. The number of para-hydroxylation sites is 1. The maximum absolute atomic E-state index is 5.99. The molecule has 1 nitrogen and oxygen atoms in total. The first-order valence-corrected chi connectivity index (χ1v) is 6.98. The van der Waals surface area contributed by atoms with Gasteiger partial charge in [0.1, 0.15) is 5.75 Å². The molecule has 0 amide bonds. The van der Waals surface area contributed by atoms with E-state index in [2.05, 4.69) is 31.2 Å². The van der Waals surface area contributed by atoms with E-state index in [0.717, 1.165) is 35.0 Å². The van der Waals surface area contributed by atoms with E-state index in [0.29, 0.717) is 5.41 Å². The van der Waals surface area contributed by atoms with Crippen LogP contribution in [0, 0.1) is 28.1 Å². The third-order valence-electron chi connectivity index (χ3n) is 6.74. The molecule has 0 aromatic heterocycles. The van der Waals surface area contributed by atoms with Gasteiger partial charge in [-0.25, -0.2) is 0 Å². The summed E-state index contributed by atoms with van der Waals surface area (Å²) in [5.41, 5.74) is 2.12. The predicted molar refractivity (Wildman–Crippen MR) is 65.7 cm³/mol. The largest absolute Gasteiger partial charge is 0.493 e. The molecule has 0 heterocycles. The van der Waals surface area contributed by atoms with Gasteiger partial charge in [-0.05, 0) is 47.6 Å². The monoisotopic (exact) mass is 226 g/mol. The molecule has 4 fully saturated rings. The summed E-state index contributed by atoms with van der Waals surface area (Å²) in [5, 5.41) is 0. The number of hydrogen-bond donors (Lipinski definition) is 0. The highest BCUT2D eigenvalue weighted by atomic mass is 16.5. The topological polar surface area (TPSA) is 9.23 Å². The molecule has 0 bridgehead atoms. The minimum atomic E-state index is 0.547. The van der Waals surface area contributed by atoms with Crippen molar-refractivity contribution in [3.8, 4) is 5.75 Å². The lowest BCUT2D eigenvalue weighted by Gasteiger charge is -2.48. The summed E-state index contributed by atoms with van der Waals surface area (Å²) in [6.45, 7) is 3.41. The molecule has 1 spiro atoms. The summed E-state index contributed by atoms with van der Waals surface area (Å²) >= 11 is 0. The standard InChI is InChI=1S/C16H18O/c1-14(10-17-11-6-3-2-4-7-11)15-12-8-5-9-13(15)16(12,14)15/h2-4,6-7,12-13H,5,8-10H2,1H3. The molecule has 88 valence electrons. The van der Waals surface area contributed by atoms with Gasteiger partial charge in [0.05, 0.1) is 6.61 Å². The Morgan fingerprint density at radius 3 is 2.41 bits per heavy atom. The zero-order valence-corrected chi connectivity index (χ0v) is 10.3. The fourth-order valence-corrected chi connectivity index (χ4v) is 6.31. The van der Waals surface area contributed by atoms with Gasteiger partial charge in [0.2, 0.25) is 0 Å². The van der Waals surface area contributed by atoms with Crippen LogP contribution in [0.1, 0.15) is 26.2 Å². The molecule has 4 aliphatic carbocycles. The maximum Gasteiger partial charge on any atom is 0.119 e. The van der Waals surface area contributed by atoms with E-state index in [-0.39, 0.29) is 0 Å². The fourth-order valence-electron chi connectivity index (χ4n) is 6.31. The summed E-state index contributed by atoms with van der Waals surface area (Å²) < 4.78 is 5.99. The normalized spacial score (nSPS) is 55.6. The van der Waals surface area contributed by atoms with Crippen LogP contribution in [0.25, 0.3) is 0 Å². The molecule has 1 aromatic rings. The smallest absolute Gasteiger partial charge is 0.119 e. The molecule has 0 unspecified atom stereocenters. The highest BCUT2D eigenvalue weighted by molar-refractivity contribution is 5.65. The number of ether oxygens (including phenoxy) is 1. The van der Waals surface area contributed by atoms with Gasteiger partial charge in [0.25, 0.3) is 0 Å². The van der Waals surface area contributed by atoms with Gasteiger partial charge in [-0.2, -0.15) is 0 Å². The van der Waals surface area contributed by atoms with E-state index >= 15 is 0 Å². The van der Waals surface area contributed by atoms with Gasteiger partial charge in [0, 0.05) is 5.41 Å². The fraction of sp³-hybridized carbons (Fsp3) is 0.625. The Labute approximate surface area is 102 Å². The Morgan fingerprint density at radius 1 is 1.12 bits per heavy atom. The molecule has 0 saturated heterocycles. The first-order valence-electron chi connectivity index (χ1n) is 6.98.